The summed E-state index contributed by atoms with van der Waals surface area (Å²) in [6.45, 7) is 0. The summed E-state index contributed by atoms with van der Waals surface area (Å²) in [5, 5.41) is 16.4. The maximum absolute atomic E-state index is 12.2. The summed E-state index contributed by atoms with van der Waals surface area (Å²) in [5.41, 5.74) is 0.781. The van der Waals surface area contributed by atoms with Gasteiger partial charge in [-0.3, -0.25) is 14.4 Å². The first-order valence-corrected chi connectivity index (χ1v) is 10.1. The number of carbonyl (C=O) groups excluding carboxylic acids is 1. The first kappa shape index (κ1) is 28.0. The van der Waals surface area contributed by atoms with E-state index in [4.69, 9.17) is 10.2 Å². The van der Waals surface area contributed by atoms with Crippen LogP contribution in [0, 0.1) is 0 Å². The summed E-state index contributed by atoms with van der Waals surface area (Å²) in [7, 11) is 0. The maximum Gasteiger partial charge on any atom is 0.363 e. The van der Waals surface area contributed by atoms with Gasteiger partial charge in [0.2, 0.25) is 0 Å². The van der Waals surface area contributed by atoms with Gasteiger partial charge in [0.25, 0.3) is 0 Å². The van der Waals surface area contributed by atoms with E-state index in [1.54, 1.807) is 0 Å². The zero-order valence-electron chi connectivity index (χ0n) is 16.3. The van der Waals surface area contributed by atoms with E-state index >= 15 is 0 Å². The summed E-state index contributed by atoms with van der Waals surface area (Å²) in [4.78, 5) is 27.5. The highest BCUT2D eigenvalue weighted by molar-refractivity contribution is 9.10. The van der Waals surface area contributed by atoms with Crippen molar-refractivity contribution in [2.24, 2.45) is 0 Å². The Morgan fingerprint density at radius 1 is 0.767 bits per heavy atom. The molecule has 2 N–H and O–H groups in total. The predicted octanol–water partition coefficient (Wildman–Crippen LogP) is 6.16. The second-order valence-corrected chi connectivity index (χ2v) is 7.54. The van der Waals surface area contributed by atoms with Crippen LogP contribution in [0.3, 0.4) is 0 Å². The highest BCUT2D eigenvalue weighted by Gasteiger charge is 2.53. The Bertz CT molecular complexity index is 663. The summed E-state index contributed by atoms with van der Waals surface area (Å²) < 4.78 is 48.3. The van der Waals surface area contributed by atoms with E-state index in [2.05, 4.69) is 0 Å². The number of carboxylic acid groups (broad SMARTS) is 2. The van der Waals surface area contributed by atoms with Crippen LogP contribution in [-0.2, 0) is 9.59 Å². The molecule has 0 atom stereocenters. The third-order valence-electron chi connectivity index (χ3n) is 3.96. The molecule has 5 nitrogen and oxygen atoms in total. The van der Waals surface area contributed by atoms with Gasteiger partial charge in [0, 0.05) is 24.8 Å². The number of rotatable bonds is 13. The number of aliphatic carboxylic acids is 2. The van der Waals surface area contributed by atoms with E-state index < -0.39 is 35.5 Å². The Labute approximate surface area is 180 Å². The summed E-state index contributed by atoms with van der Waals surface area (Å²) in [6, 6.07) is 9.34. The molecule has 0 aliphatic heterocycles. The molecule has 0 aliphatic carbocycles. The molecule has 0 amide bonds. The molecule has 170 valence electrons. The number of benzene rings is 1. The van der Waals surface area contributed by atoms with Gasteiger partial charge in [-0.15, -0.1) is 0 Å². The fourth-order valence-corrected chi connectivity index (χ4v) is 2.46. The molecule has 0 saturated carbocycles. The molecule has 0 radical (unpaired) electrons. The van der Waals surface area contributed by atoms with E-state index in [-0.39, 0.29) is 12.2 Å². The third kappa shape index (κ3) is 13.3. The minimum absolute atomic E-state index is 0.195. The van der Waals surface area contributed by atoms with Crippen LogP contribution < -0.4 is 0 Å². The first-order chi connectivity index (χ1) is 13.9. The normalized spacial score (nSPS) is 11.4. The van der Waals surface area contributed by atoms with Gasteiger partial charge in [0.05, 0.1) is 6.42 Å². The van der Waals surface area contributed by atoms with E-state index in [9.17, 15) is 31.9 Å². The van der Waals surface area contributed by atoms with E-state index in [1.807, 2.05) is 30.3 Å². The topological polar surface area (TPSA) is 91.7 Å². The molecule has 0 aromatic heterocycles. The Hall–Kier alpha value is -1.97. The lowest BCUT2D eigenvalue weighted by atomic mass is 10.0. The van der Waals surface area contributed by atoms with Crippen molar-refractivity contribution in [3.63, 3.8) is 0 Å². The summed E-state index contributed by atoms with van der Waals surface area (Å²) >= 11 is 1.47. The van der Waals surface area contributed by atoms with Crippen molar-refractivity contribution in [1.29, 1.82) is 0 Å². The van der Waals surface area contributed by atoms with Crippen LogP contribution in [-0.4, -0.2) is 38.7 Å². The molecule has 0 aliphatic rings. The van der Waals surface area contributed by atoms with Gasteiger partial charge in [-0.05, 0) is 28.8 Å². The summed E-state index contributed by atoms with van der Waals surface area (Å²) in [6.07, 6.45) is 3.03. The van der Waals surface area contributed by atoms with Crippen LogP contribution in [0.1, 0.15) is 68.1 Å². The number of carbonyl (C=O) groups is 3. The smallest absolute Gasteiger partial charge is 0.363 e. The molecule has 0 heterocycles. The van der Waals surface area contributed by atoms with E-state index in [1.165, 1.54) is 15.9 Å². The monoisotopic (exact) mass is 500 g/mol. The average Bonchev–Trinajstić information content (AvgIpc) is 2.65. The molecule has 1 rings (SSSR count). The van der Waals surface area contributed by atoms with Gasteiger partial charge in [-0.25, -0.2) is 0 Å². The Morgan fingerprint density at radius 2 is 1.23 bits per heavy atom. The predicted molar refractivity (Wildman–Crippen MR) is 106 cm³/mol. The van der Waals surface area contributed by atoms with Crippen LogP contribution in [0.25, 0.3) is 0 Å². The zero-order valence-corrected chi connectivity index (χ0v) is 17.8. The number of Topliss-reactive ketones (excluding diaryl/α,β-unsaturated/α-hetero) is 1. The largest absolute Gasteiger partial charge is 0.481 e. The van der Waals surface area contributed by atoms with Gasteiger partial charge < -0.3 is 10.2 Å². The highest BCUT2D eigenvalue weighted by atomic mass is 79.9. The number of hydrogen-bond acceptors (Lipinski definition) is 3. The number of hydrogen-bond donors (Lipinski definition) is 2. The second-order valence-electron chi connectivity index (χ2n) is 6.55. The minimum atomic E-state index is -4.35. The molecule has 0 saturated heterocycles. The number of ketones is 1. The average molecular weight is 501 g/mol. The summed E-state index contributed by atoms with van der Waals surface area (Å²) in [5.74, 6) is -6.40. The zero-order chi connectivity index (χ0) is 23.2. The molecular weight excluding hydrogens is 476 g/mol. The number of unbranched alkanes of at least 4 members (excludes halogenated alkanes) is 4. The highest BCUT2D eigenvalue weighted by Crippen LogP contribution is 2.42. The SMILES string of the molecule is O=C(O)CCC(F)(F)C(F)(F)Br.O=C(O)CCCCCCCC(=O)c1ccccc1. The van der Waals surface area contributed by atoms with Crippen molar-refractivity contribution in [1.82, 2.24) is 0 Å². The minimum Gasteiger partial charge on any atom is -0.481 e. The van der Waals surface area contributed by atoms with Crippen LogP contribution in [0.2, 0.25) is 0 Å². The molecule has 0 bridgehead atoms. The Balaban J connectivity index is 0.000000612. The van der Waals surface area contributed by atoms with E-state index in [0.717, 1.165) is 37.7 Å². The molecule has 1 aromatic rings. The lowest BCUT2D eigenvalue weighted by molar-refractivity contribution is -0.159. The second kappa shape index (κ2) is 14.1. The lowest BCUT2D eigenvalue weighted by Crippen LogP contribution is -2.35. The Kier molecular flexibility index (Phi) is 13.2. The standard InChI is InChI=1S/C15H20O3.C5H5BrF4O2/c16-14(13-9-5-4-6-10-13)11-7-2-1-3-8-12-15(17)18;6-5(9,10)4(7,8)2-1-3(11)12/h4-6,9-10H,1-3,7-8,11-12H2,(H,17,18);1-2H2,(H,11,12). The number of halogens is 5. The van der Waals surface area contributed by atoms with Crippen LogP contribution in [0.15, 0.2) is 30.3 Å². The Morgan fingerprint density at radius 3 is 1.70 bits per heavy atom. The van der Waals surface area contributed by atoms with Gasteiger partial charge >= 0.3 is 22.7 Å². The van der Waals surface area contributed by atoms with E-state index in [0.29, 0.717) is 6.42 Å². The molecule has 0 spiro atoms. The van der Waals surface area contributed by atoms with Crippen molar-refractivity contribution < 1.29 is 42.2 Å². The van der Waals surface area contributed by atoms with Gasteiger partial charge in [0.15, 0.2) is 5.78 Å². The van der Waals surface area contributed by atoms with Gasteiger partial charge in [-0.2, -0.15) is 17.6 Å². The number of carboxylic acids is 2. The first-order valence-electron chi connectivity index (χ1n) is 9.33. The van der Waals surface area contributed by atoms with Gasteiger partial charge in [-0.1, -0.05) is 49.6 Å². The molecule has 0 unspecified atom stereocenters. The van der Waals surface area contributed by atoms with Crippen molar-refractivity contribution in [2.75, 3.05) is 0 Å². The molecule has 1 aromatic carbocycles. The fraction of sp³-hybridized carbons (Fsp3) is 0.550. The van der Waals surface area contributed by atoms with Crippen molar-refractivity contribution >= 4 is 33.7 Å². The lowest BCUT2D eigenvalue weighted by Gasteiger charge is -2.20. The third-order valence-corrected chi connectivity index (χ3v) is 4.54. The molecular formula is C20H25BrF4O5. The molecule has 30 heavy (non-hydrogen) atoms. The van der Waals surface area contributed by atoms with Crippen molar-refractivity contribution in [2.45, 2.75) is 68.5 Å². The maximum atomic E-state index is 12.2. The van der Waals surface area contributed by atoms with Crippen LogP contribution in [0.4, 0.5) is 17.6 Å². The van der Waals surface area contributed by atoms with Crippen LogP contribution in [0.5, 0.6) is 0 Å². The van der Waals surface area contributed by atoms with Gasteiger partial charge in [0.1, 0.15) is 0 Å². The number of alkyl halides is 5. The van der Waals surface area contributed by atoms with Crippen molar-refractivity contribution in [3.05, 3.63) is 35.9 Å². The van der Waals surface area contributed by atoms with Crippen molar-refractivity contribution in [3.8, 4) is 0 Å². The van der Waals surface area contributed by atoms with Crippen LogP contribution >= 0.6 is 15.9 Å². The molecule has 0 fully saturated rings. The molecule has 10 heteroatoms. The fourth-order valence-electron chi connectivity index (χ4n) is 2.27. The quantitative estimate of drug-likeness (QED) is 0.146.